The van der Waals surface area contributed by atoms with Crippen LogP contribution in [-0.4, -0.2) is 25.2 Å². The van der Waals surface area contributed by atoms with Gasteiger partial charge in [0.25, 0.3) is 0 Å². The number of carbonyl (C=O) groups excluding carboxylic acids is 1. The number of aryl methyl sites for hydroxylation is 1. The molecule has 1 aliphatic rings. The van der Waals surface area contributed by atoms with E-state index < -0.39 is 0 Å². The zero-order valence-electron chi connectivity index (χ0n) is 10.4. The van der Waals surface area contributed by atoms with Crippen LogP contribution in [0.1, 0.15) is 18.4 Å². The van der Waals surface area contributed by atoms with Crippen molar-refractivity contribution in [1.29, 1.82) is 0 Å². The summed E-state index contributed by atoms with van der Waals surface area (Å²) in [6, 6.07) is 5.56. The van der Waals surface area contributed by atoms with E-state index in [2.05, 4.69) is 16.0 Å². The maximum atomic E-state index is 11.8. The molecule has 1 unspecified atom stereocenters. The largest absolute Gasteiger partial charge is 0.334 e. The fraction of sp³-hybridized carbons (Fsp3) is 0.462. The number of hydrogen-bond donors (Lipinski definition) is 3. The number of hydrogen-bond acceptors (Lipinski definition) is 2. The van der Waals surface area contributed by atoms with Crippen LogP contribution < -0.4 is 16.0 Å². The first-order valence-corrected chi connectivity index (χ1v) is 6.57. The highest BCUT2D eigenvalue weighted by Crippen LogP contribution is 2.22. The molecule has 0 aliphatic carbocycles. The van der Waals surface area contributed by atoms with Crippen molar-refractivity contribution >= 4 is 23.3 Å². The van der Waals surface area contributed by atoms with Crippen molar-refractivity contribution < 1.29 is 4.79 Å². The molecule has 0 bridgehead atoms. The standard InChI is InChI=1S/C13H18ClN3O/c1-9-4-5-11(14)12(7-9)17-13(18)16-10-3-2-6-15-8-10/h4-5,7,10,15H,2-3,6,8H2,1H3,(H2,16,17,18). The van der Waals surface area contributed by atoms with Crippen molar-refractivity contribution in [2.75, 3.05) is 18.4 Å². The molecule has 0 aromatic heterocycles. The number of piperidine rings is 1. The summed E-state index contributed by atoms with van der Waals surface area (Å²) in [6.45, 7) is 3.82. The maximum Gasteiger partial charge on any atom is 0.319 e. The fourth-order valence-corrected chi connectivity index (χ4v) is 2.22. The first-order chi connectivity index (χ1) is 8.65. The van der Waals surface area contributed by atoms with Crippen LogP contribution in [0.3, 0.4) is 0 Å². The molecule has 0 saturated carbocycles. The lowest BCUT2D eigenvalue weighted by molar-refractivity contribution is 0.245. The summed E-state index contributed by atoms with van der Waals surface area (Å²) in [7, 11) is 0. The third kappa shape index (κ3) is 3.62. The molecule has 3 N–H and O–H groups in total. The van der Waals surface area contributed by atoms with E-state index in [-0.39, 0.29) is 12.1 Å². The number of anilines is 1. The normalized spacial score (nSPS) is 19.3. The van der Waals surface area contributed by atoms with Gasteiger partial charge in [0.05, 0.1) is 10.7 Å². The summed E-state index contributed by atoms with van der Waals surface area (Å²) in [5.41, 5.74) is 1.71. The summed E-state index contributed by atoms with van der Waals surface area (Å²) in [5, 5.41) is 9.54. The van der Waals surface area contributed by atoms with Gasteiger partial charge < -0.3 is 16.0 Å². The van der Waals surface area contributed by atoms with Gasteiger partial charge in [-0.15, -0.1) is 0 Å². The molecule has 1 aliphatic heterocycles. The van der Waals surface area contributed by atoms with Crippen molar-refractivity contribution in [1.82, 2.24) is 10.6 Å². The average Bonchev–Trinajstić information content (AvgIpc) is 2.35. The second-order valence-electron chi connectivity index (χ2n) is 4.63. The minimum atomic E-state index is -0.198. The molecule has 2 rings (SSSR count). The number of nitrogens with one attached hydrogen (secondary N) is 3. The Morgan fingerprint density at radius 1 is 1.50 bits per heavy atom. The van der Waals surface area contributed by atoms with Crippen LogP contribution >= 0.6 is 11.6 Å². The highest BCUT2D eigenvalue weighted by molar-refractivity contribution is 6.33. The molecule has 1 saturated heterocycles. The molecule has 1 aromatic rings. The Kier molecular flexibility index (Phi) is 4.44. The van der Waals surface area contributed by atoms with Gasteiger partial charge in [-0.1, -0.05) is 17.7 Å². The molecule has 1 heterocycles. The lowest BCUT2D eigenvalue weighted by atomic mass is 10.1. The van der Waals surface area contributed by atoms with Gasteiger partial charge in [-0.3, -0.25) is 0 Å². The highest BCUT2D eigenvalue weighted by atomic mass is 35.5. The van der Waals surface area contributed by atoms with Gasteiger partial charge >= 0.3 is 6.03 Å². The predicted octanol–water partition coefficient (Wildman–Crippen LogP) is 2.52. The third-order valence-electron chi connectivity index (χ3n) is 3.00. The van der Waals surface area contributed by atoms with Crippen LogP contribution in [0.25, 0.3) is 0 Å². The summed E-state index contributed by atoms with van der Waals surface area (Å²) in [5.74, 6) is 0. The van der Waals surface area contributed by atoms with Crippen LogP contribution in [-0.2, 0) is 0 Å². The molecule has 2 amide bonds. The molecule has 1 fully saturated rings. The van der Waals surface area contributed by atoms with Gasteiger partial charge in [0.15, 0.2) is 0 Å². The Morgan fingerprint density at radius 2 is 2.33 bits per heavy atom. The number of amides is 2. The molecule has 5 heteroatoms. The summed E-state index contributed by atoms with van der Waals surface area (Å²) in [6.07, 6.45) is 2.11. The molecule has 98 valence electrons. The third-order valence-corrected chi connectivity index (χ3v) is 3.33. The Labute approximate surface area is 112 Å². The van der Waals surface area contributed by atoms with Crippen molar-refractivity contribution in [2.24, 2.45) is 0 Å². The van der Waals surface area contributed by atoms with Crippen molar-refractivity contribution in [3.05, 3.63) is 28.8 Å². The fourth-order valence-electron chi connectivity index (χ4n) is 2.05. The molecule has 1 atom stereocenters. The van der Waals surface area contributed by atoms with Gasteiger partial charge in [-0.05, 0) is 44.0 Å². The average molecular weight is 268 g/mol. The lowest BCUT2D eigenvalue weighted by Crippen LogP contribution is -2.47. The van der Waals surface area contributed by atoms with Crippen LogP contribution in [0.5, 0.6) is 0 Å². The van der Waals surface area contributed by atoms with Crippen molar-refractivity contribution in [2.45, 2.75) is 25.8 Å². The van der Waals surface area contributed by atoms with Crippen LogP contribution in [0.2, 0.25) is 5.02 Å². The van der Waals surface area contributed by atoms with Gasteiger partial charge in [-0.2, -0.15) is 0 Å². The molecule has 0 spiro atoms. The van der Waals surface area contributed by atoms with Crippen LogP contribution in [0.15, 0.2) is 18.2 Å². The molecule has 0 radical (unpaired) electrons. The van der Waals surface area contributed by atoms with E-state index in [1.54, 1.807) is 6.07 Å². The van der Waals surface area contributed by atoms with E-state index in [1.807, 2.05) is 19.1 Å². The van der Waals surface area contributed by atoms with Gasteiger partial charge in [0.2, 0.25) is 0 Å². The van der Waals surface area contributed by atoms with Gasteiger partial charge in [0.1, 0.15) is 0 Å². The number of rotatable bonds is 2. The van der Waals surface area contributed by atoms with E-state index in [4.69, 9.17) is 11.6 Å². The van der Waals surface area contributed by atoms with Gasteiger partial charge in [0, 0.05) is 12.6 Å². The predicted molar refractivity (Wildman–Crippen MR) is 74.2 cm³/mol. The minimum absolute atomic E-state index is 0.197. The molecular formula is C13H18ClN3O. The van der Waals surface area contributed by atoms with E-state index in [9.17, 15) is 4.79 Å². The Bertz CT molecular complexity index is 430. The Hall–Kier alpha value is -1.26. The van der Waals surface area contributed by atoms with Crippen molar-refractivity contribution in [3.8, 4) is 0 Å². The van der Waals surface area contributed by atoms with E-state index in [1.165, 1.54) is 0 Å². The topological polar surface area (TPSA) is 53.2 Å². The number of benzene rings is 1. The minimum Gasteiger partial charge on any atom is -0.334 e. The summed E-state index contributed by atoms with van der Waals surface area (Å²) in [4.78, 5) is 11.8. The Morgan fingerprint density at radius 3 is 3.06 bits per heavy atom. The van der Waals surface area contributed by atoms with Crippen LogP contribution in [0, 0.1) is 6.92 Å². The molecule has 4 nitrogen and oxygen atoms in total. The number of carbonyl (C=O) groups is 1. The van der Waals surface area contributed by atoms with E-state index >= 15 is 0 Å². The second kappa shape index (κ2) is 6.07. The molecule has 18 heavy (non-hydrogen) atoms. The second-order valence-corrected chi connectivity index (χ2v) is 5.03. The molecular weight excluding hydrogens is 250 g/mol. The quantitative estimate of drug-likeness (QED) is 0.771. The summed E-state index contributed by atoms with van der Waals surface area (Å²) < 4.78 is 0. The monoisotopic (exact) mass is 267 g/mol. The van der Waals surface area contributed by atoms with E-state index in [0.29, 0.717) is 10.7 Å². The maximum absolute atomic E-state index is 11.8. The zero-order chi connectivity index (χ0) is 13.0. The smallest absolute Gasteiger partial charge is 0.319 e. The first-order valence-electron chi connectivity index (χ1n) is 6.19. The van der Waals surface area contributed by atoms with Gasteiger partial charge in [-0.25, -0.2) is 4.79 Å². The first kappa shape index (κ1) is 13.2. The van der Waals surface area contributed by atoms with E-state index in [0.717, 1.165) is 31.5 Å². The van der Waals surface area contributed by atoms with Crippen molar-refractivity contribution in [3.63, 3.8) is 0 Å². The van der Waals surface area contributed by atoms with Crippen LogP contribution in [0.4, 0.5) is 10.5 Å². The number of halogens is 1. The Balaban J connectivity index is 1.92. The highest BCUT2D eigenvalue weighted by Gasteiger charge is 2.15. The SMILES string of the molecule is Cc1ccc(Cl)c(NC(=O)NC2CCCNC2)c1. The number of urea groups is 1. The summed E-state index contributed by atoms with van der Waals surface area (Å²) >= 11 is 6.03. The molecule has 1 aromatic carbocycles. The zero-order valence-corrected chi connectivity index (χ0v) is 11.2. The lowest BCUT2D eigenvalue weighted by Gasteiger charge is -2.24.